The third kappa shape index (κ3) is 82.7. The molecule has 5 atom stereocenters. The highest BCUT2D eigenvalue weighted by molar-refractivity contribution is 7.47. The van der Waals surface area contributed by atoms with Gasteiger partial charge in [-0.3, -0.25) is 32.5 Å². The lowest BCUT2D eigenvalue weighted by Gasteiger charge is -2.21. The molecule has 0 heterocycles. The highest BCUT2D eigenvalue weighted by atomic mass is 31.2. The van der Waals surface area contributed by atoms with Gasteiger partial charge >= 0.3 is 33.6 Å². The van der Waals surface area contributed by atoms with E-state index in [-0.39, 0.29) is 19.3 Å². The lowest BCUT2D eigenvalue weighted by atomic mass is 10.0. The van der Waals surface area contributed by atoms with Crippen LogP contribution in [0.15, 0.2) is 122 Å². The van der Waals surface area contributed by atoms with E-state index in [1.165, 1.54) is 167 Å². The van der Waals surface area contributed by atoms with Gasteiger partial charge < -0.3 is 34.2 Å². The van der Waals surface area contributed by atoms with Crippen LogP contribution in [-0.4, -0.2) is 95.9 Å². The van der Waals surface area contributed by atoms with E-state index < -0.39 is 91.5 Å². The maximum absolute atomic E-state index is 13.0. The Morgan fingerprint density at radius 3 is 0.804 bits per heavy atom. The molecule has 0 saturated heterocycles. The second-order valence-corrected chi connectivity index (χ2v) is 31.5. The van der Waals surface area contributed by atoms with Crippen molar-refractivity contribution in [3.05, 3.63) is 122 Å². The number of hydrogen-bond donors (Lipinski definition) is 4. The quantitative estimate of drug-likeness (QED) is 0.0146. The van der Waals surface area contributed by atoms with E-state index in [1.807, 2.05) is 0 Å². The Hall–Kier alpha value is -4.05. The Labute approximate surface area is 653 Å². The topological polar surface area (TPSA) is 231 Å². The second-order valence-electron chi connectivity index (χ2n) is 28.6. The summed E-state index contributed by atoms with van der Waals surface area (Å²) in [4.78, 5) is 58.8. The van der Waals surface area contributed by atoms with Crippen LogP contribution < -0.4 is 0 Å². The molecule has 16 nitrogen and oxygen atoms in total. The van der Waals surface area contributed by atoms with Gasteiger partial charge in [0, 0.05) is 19.3 Å². The third-order valence-corrected chi connectivity index (χ3v) is 20.1. The largest absolute Gasteiger partial charge is 0.472 e. The fraction of sp³-hybridized carbons (Fsp3) is 0.742. The average molecular weight is 1540 g/mol. The van der Waals surface area contributed by atoms with E-state index in [0.29, 0.717) is 19.3 Å². The van der Waals surface area contributed by atoms with Gasteiger partial charge in [-0.1, -0.05) is 354 Å². The van der Waals surface area contributed by atoms with Crippen LogP contribution in [0.1, 0.15) is 367 Å². The molecule has 0 spiro atoms. The molecule has 0 fully saturated rings. The molecule has 618 valence electrons. The lowest BCUT2D eigenvalue weighted by molar-refractivity contribution is -0.161. The van der Waals surface area contributed by atoms with E-state index in [4.69, 9.17) is 32.3 Å². The number of aliphatic hydroxyl groups excluding tert-OH is 2. The standard InChI is InChI=1S/C89H156O16P2/c1-4-7-10-13-16-19-22-25-28-30-32-34-36-38-39-40-41-42-43-45-47-48-50-52-55-57-60-63-66-69-72-75-87(92)99-78-84(90)79-101-106(95,96)102-80-85(91)81-103-107(97,98)104-83-86(105-89(94)77-74-71-68-65-62-59-54-27-24-21-18-15-12-9-6-3)82-100-88(93)76-73-70-67-64-61-58-56-53-51-49-46-44-37-35-33-31-29-26-23-20-17-14-11-8-5-2/h8,11,16-17,19-20,25-26,28-29,32-35,38-39,44,46,51,53,84-86,90-91H,4-7,9-10,12-15,18,21-24,27,30-31,36-37,40-43,45,47-50,52,54-83H2,1-3H3,(H,95,96)(H,97,98)/b11-8-,19-16-,20-17-,28-25-,29-26-,34-32-,35-33-,39-38-,46-44-,53-51-. The Morgan fingerprint density at radius 2 is 0.495 bits per heavy atom. The third-order valence-electron chi connectivity index (χ3n) is 18.2. The molecule has 0 aliphatic heterocycles. The zero-order valence-electron chi connectivity index (χ0n) is 67.8. The predicted molar refractivity (Wildman–Crippen MR) is 445 cm³/mol. The minimum Gasteiger partial charge on any atom is -0.463 e. The van der Waals surface area contributed by atoms with Crippen LogP contribution in [0.5, 0.6) is 0 Å². The summed E-state index contributed by atoms with van der Waals surface area (Å²) in [6, 6.07) is 0. The van der Waals surface area contributed by atoms with E-state index in [1.54, 1.807) is 0 Å². The Bertz CT molecular complexity index is 2430. The van der Waals surface area contributed by atoms with E-state index in [0.717, 1.165) is 141 Å². The van der Waals surface area contributed by atoms with Crippen LogP contribution in [0.25, 0.3) is 0 Å². The summed E-state index contributed by atoms with van der Waals surface area (Å²) in [5.41, 5.74) is 0. The van der Waals surface area contributed by atoms with Crippen molar-refractivity contribution >= 4 is 33.6 Å². The van der Waals surface area contributed by atoms with Crippen LogP contribution in [0.3, 0.4) is 0 Å². The molecule has 0 aliphatic rings. The molecule has 5 unspecified atom stereocenters. The Kier molecular flexibility index (Phi) is 78.4. The molecule has 0 rings (SSSR count). The van der Waals surface area contributed by atoms with E-state index >= 15 is 0 Å². The number of rotatable bonds is 81. The van der Waals surface area contributed by atoms with Gasteiger partial charge in [-0.15, -0.1) is 0 Å². The van der Waals surface area contributed by atoms with Gasteiger partial charge in [0.25, 0.3) is 0 Å². The average Bonchev–Trinajstić information content (AvgIpc) is 0.904. The minimum absolute atomic E-state index is 0.103. The van der Waals surface area contributed by atoms with E-state index in [9.17, 15) is 43.5 Å². The summed E-state index contributed by atoms with van der Waals surface area (Å²) in [7, 11) is -9.79. The first kappa shape index (κ1) is 103. The maximum Gasteiger partial charge on any atom is 0.472 e. The summed E-state index contributed by atoms with van der Waals surface area (Å²) in [6.45, 7) is 2.57. The first-order valence-electron chi connectivity index (χ1n) is 42.8. The number of allylic oxidation sites excluding steroid dienone is 20. The summed E-state index contributed by atoms with van der Waals surface area (Å²) in [5.74, 6) is -1.58. The number of esters is 3. The smallest absolute Gasteiger partial charge is 0.463 e. The lowest BCUT2D eigenvalue weighted by Crippen LogP contribution is -2.30. The van der Waals surface area contributed by atoms with Crippen molar-refractivity contribution in [2.75, 3.05) is 39.6 Å². The molecular weight excluding hydrogens is 1390 g/mol. The van der Waals surface area contributed by atoms with E-state index in [2.05, 4.69) is 142 Å². The molecule has 0 saturated carbocycles. The van der Waals surface area contributed by atoms with Crippen LogP contribution in [0, 0.1) is 0 Å². The van der Waals surface area contributed by atoms with Crippen LogP contribution in [0.4, 0.5) is 0 Å². The SMILES string of the molecule is CC/C=C\C/C=C\C/C=C\C/C=C\C/C=C\C/C=C\CCCCCCCCC(=O)OCC(COP(=O)(O)OCC(O)COP(=O)(O)OCC(O)COC(=O)CCCCCCCCCCCCCCCCC/C=C\C/C=C\C/C=C\C/C=C\CCCCC)OC(=O)CCCCCCCCCCCCCCCCC. The van der Waals surface area contributed by atoms with Crippen molar-refractivity contribution in [2.24, 2.45) is 0 Å². The summed E-state index contributed by atoms with van der Waals surface area (Å²) < 4.78 is 61.3. The van der Waals surface area contributed by atoms with Gasteiger partial charge in [-0.05, 0) is 116 Å². The van der Waals surface area contributed by atoms with Crippen LogP contribution in [-0.2, 0) is 55.8 Å². The number of carbonyl (C=O) groups excluding carboxylic acids is 3. The molecule has 0 bridgehead atoms. The van der Waals surface area contributed by atoms with Gasteiger partial charge in [0.2, 0.25) is 0 Å². The predicted octanol–water partition coefficient (Wildman–Crippen LogP) is 25.7. The van der Waals surface area contributed by atoms with Gasteiger partial charge in [-0.25, -0.2) is 9.13 Å². The van der Waals surface area contributed by atoms with Crippen molar-refractivity contribution < 1.29 is 75.8 Å². The van der Waals surface area contributed by atoms with Crippen molar-refractivity contribution in [3.8, 4) is 0 Å². The van der Waals surface area contributed by atoms with Crippen molar-refractivity contribution in [2.45, 2.75) is 386 Å². The minimum atomic E-state index is -4.94. The fourth-order valence-corrected chi connectivity index (χ4v) is 13.3. The summed E-state index contributed by atoms with van der Waals surface area (Å²) in [5, 5.41) is 20.7. The molecule has 18 heteroatoms. The molecule has 0 amide bonds. The van der Waals surface area contributed by atoms with Crippen molar-refractivity contribution in [3.63, 3.8) is 0 Å². The van der Waals surface area contributed by atoms with Gasteiger partial charge in [-0.2, -0.15) is 0 Å². The fourth-order valence-electron chi connectivity index (χ4n) is 11.7. The number of phosphoric ester groups is 2. The first-order valence-corrected chi connectivity index (χ1v) is 45.8. The Morgan fingerprint density at radius 1 is 0.271 bits per heavy atom. The normalized spacial score (nSPS) is 14.5. The number of hydrogen-bond acceptors (Lipinski definition) is 14. The molecule has 0 aliphatic carbocycles. The highest BCUT2D eigenvalue weighted by Gasteiger charge is 2.29. The zero-order chi connectivity index (χ0) is 78.0. The number of phosphoric acid groups is 2. The van der Waals surface area contributed by atoms with Crippen molar-refractivity contribution in [1.82, 2.24) is 0 Å². The zero-order valence-corrected chi connectivity index (χ0v) is 69.6. The first-order chi connectivity index (χ1) is 52.2. The second kappa shape index (κ2) is 81.4. The molecule has 0 radical (unpaired) electrons. The summed E-state index contributed by atoms with van der Waals surface area (Å²) >= 11 is 0. The molecule has 0 aromatic rings. The van der Waals surface area contributed by atoms with Gasteiger partial charge in [0.1, 0.15) is 25.4 Å². The molecule has 0 aromatic heterocycles. The number of unbranched alkanes of at least 4 members (excludes halogenated alkanes) is 38. The monoisotopic (exact) mass is 1540 g/mol. The van der Waals surface area contributed by atoms with Crippen molar-refractivity contribution in [1.29, 1.82) is 0 Å². The maximum atomic E-state index is 13.0. The summed E-state index contributed by atoms with van der Waals surface area (Å²) in [6.07, 6.45) is 98.2. The number of aliphatic hydroxyl groups is 2. The molecule has 4 N–H and O–H groups in total. The molecular formula is C89H156O16P2. The Balaban J connectivity index is 4.50. The van der Waals surface area contributed by atoms with Gasteiger partial charge in [0.05, 0.1) is 26.4 Å². The highest BCUT2D eigenvalue weighted by Crippen LogP contribution is 2.45. The van der Waals surface area contributed by atoms with Crippen LogP contribution in [0.2, 0.25) is 0 Å². The number of ether oxygens (including phenoxy) is 3. The van der Waals surface area contributed by atoms with Crippen LogP contribution >= 0.6 is 15.6 Å². The van der Waals surface area contributed by atoms with Gasteiger partial charge in [0.15, 0.2) is 6.10 Å². The number of carbonyl (C=O) groups is 3. The molecule has 0 aromatic carbocycles. The molecule has 107 heavy (non-hydrogen) atoms.